The molecule has 1 unspecified atom stereocenters. The van der Waals surface area contributed by atoms with Gasteiger partial charge in [-0.05, 0) is 34.8 Å². The van der Waals surface area contributed by atoms with Gasteiger partial charge in [0, 0.05) is 6.08 Å². The lowest BCUT2D eigenvalue weighted by Crippen LogP contribution is -2.10. The Morgan fingerprint density at radius 3 is 2.38 bits per heavy atom. The standard InChI is InChI=1S/C21H24O5/c1-14(2)17(12-20(22)23)21(24)16-9-10-18(25-3)19(11-16)26-13-15-7-5-4-6-8-15/h4-12,14,21,24H,13H2,1-3H3,(H,22,23). The average Bonchev–Trinajstić information content (AvgIpc) is 2.64. The molecule has 0 radical (unpaired) electrons. The monoisotopic (exact) mass is 356 g/mol. The van der Waals surface area contributed by atoms with Crippen LogP contribution in [0.4, 0.5) is 0 Å². The van der Waals surface area contributed by atoms with Crippen molar-refractivity contribution < 1.29 is 24.5 Å². The highest BCUT2D eigenvalue weighted by Crippen LogP contribution is 2.34. The van der Waals surface area contributed by atoms with E-state index in [1.807, 2.05) is 44.2 Å². The number of benzene rings is 2. The Balaban J connectivity index is 2.28. The van der Waals surface area contributed by atoms with Gasteiger partial charge >= 0.3 is 5.97 Å². The van der Waals surface area contributed by atoms with E-state index < -0.39 is 12.1 Å². The normalized spacial score (nSPS) is 12.7. The molecule has 26 heavy (non-hydrogen) atoms. The molecule has 0 bridgehead atoms. The van der Waals surface area contributed by atoms with E-state index in [0.29, 0.717) is 29.2 Å². The molecular weight excluding hydrogens is 332 g/mol. The molecule has 2 N–H and O–H groups in total. The summed E-state index contributed by atoms with van der Waals surface area (Å²) in [6, 6.07) is 14.8. The van der Waals surface area contributed by atoms with E-state index in [4.69, 9.17) is 14.6 Å². The van der Waals surface area contributed by atoms with Gasteiger partial charge in [0.2, 0.25) is 0 Å². The van der Waals surface area contributed by atoms with E-state index >= 15 is 0 Å². The summed E-state index contributed by atoms with van der Waals surface area (Å²) in [4.78, 5) is 11.0. The Labute approximate surface area is 153 Å². The first kappa shape index (κ1) is 19.5. The van der Waals surface area contributed by atoms with Crippen LogP contribution in [-0.2, 0) is 11.4 Å². The van der Waals surface area contributed by atoms with E-state index in [1.54, 1.807) is 25.3 Å². The fourth-order valence-electron chi connectivity index (χ4n) is 2.61. The van der Waals surface area contributed by atoms with Gasteiger partial charge in [-0.3, -0.25) is 0 Å². The molecule has 138 valence electrons. The predicted molar refractivity (Wildman–Crippen MR) is 99.3 cm³/mol. The Bertz CT molecular complexity index is 765. The fourth-order valence-corrected chi connectivity index (χ4v) is 2.61. The molecule has 1 atom stereocenters. The number of carboxylic acids is 1. The molecule has 0 spiro atoms. The number of aliphatic carboxylic acids is 1. The van der Waals surface area contributed by atoms with Crippen LogP contribution in [-0.4, -0.2) is 23.3 Å². The van der Waals surface area contributed by atoms with Gasteiger partial charge in [-0.2, -0.15) is 0 Å². The summed E-state index contributed by atoms with van der Waals surface area (Å²) in [6.07, 6.45) is 0.0282. The van der Waals surface area contributed by atoms with Crippen molar-refractivity contribution in [2.75, 3.05) is 7.11 Å². The average molecular weight is 356 g/mol. The van der Waals surface area contributed by atoms with Crippen molar-refractivity contribution >= 4 is 5.97 Å². The van der Waals surface area contributed by atoms with Gasteiger partial charge in [0.1, 0.15) is 12.7 Å². The molecule has 0 fully saturated rings. The second kappa shape index (κ2) is 9.06. The third kappa shape index (κ3) is 5.10. The summed E-state index contributed by atoms with van der Waals surface area (Å²) < 4.78 is 11.2. The van der Waals surface area contributed by atoms with E-state index in [-0.39, 0.29) is 5.92 Å². The number of aliphatic hydroxyl groups is 1. The number of aliphatic hydroxyl groups excluding tert-OH is 1. The highest BCUT2D eigenvalue weighted by Gasteiger charge is 2.20. The second-order valence-corrected chi connectivity index (χ2v) is 6.22. The van der Waals surface area contributed by atoms with Crippen molar-refractivity contribution in [3.63, 3.8) is 0 Å². The SMILES string of the molecule is COc1ccc(C(O)C(=CC(=O)O)C(C)C)cc1OCc1ccccc1. The minimum atomic E-state index is -1.08. The lowest BCUT2D eigenvalue weighted by molar-refractivity contribution is -0.131. The lowest BCUT2D eigenvalue weighted by atomic mass is 9.92. The van der Waals surface area contributed by atoms with Crippen LogP contribution in [0, 0.1) is 5.92 Å². The van der Waals surface area contributed by atoms with Crippen LogP contribution in [0.25, 0.3) is 0 Å². The van der Waals surface area contributed by atoms with Crippen LogP contribution in [0.15, 0.2) is 60.2 Å². The highest BCUT2D eigenvalue weighted by atomic mass is 16.5. The molecule has 0 aliphatic rings. The largest absolute Gasteiger partial charge is 0.493 e. The van der Waals surface area contributed by atoms with Gasteiger partial charge in [-0.1, -0.05) is 50.2 Å². The fraction of sp³-hybridized carbons (Fsp3) is 0.286. The quantitative estimate of drug-likeness (QED) is 0.700. The zero-order chi connectivity index (χ0) is 19.1. The maximum atomic E-state index is 11.0. The van der Waals surface area contributed by atoms with Crippen LogP contribution in [0.2, 0.25) is 0 Å². The maximum Gasteiger partial charge on any atom is 0.328 e. The Morgan fingerprint density at radius 2 is 1.81 bits per heavy atom. The van der Waals surface area contributed by atoms with Crippen molar-refractivity contribution in [3.8, 4) is 11.5 Å². The molecule has 0 saturated carbocycles. The zero-order valence-corrected chi connectivity index (χ0v) is 15.2. The van der Waals surface area contributed by atoms with Crippen molar-refractivity contribution in [1.29, 1.82) is 0 Å². The molecule has 2 aromatic carbocycles. The number of hydrogen-bond acceptors (Lipinski definition) is 4. The molecule has 0 aliphatic heterocycles. The van der Waals surface area contributed by atoms with Crippen LogP contribution in [0.1, 0.15) is 31.1 Å². The molecule has 0 aliphatic carbocycles. The van der Waals surface area contributed by atoms with E-state index in [9.17, 15) is 9.90 Å². The van der Waals surface area contributed by atoms with Crippen molar-refractivity contribution in [3.05, 3.63) is 71.3 Å². The highest BCUT2D eigenvalue weighted by molar-refractivity contribution is 5.81. The summed E-state index contributed by atoms with van der Waals surface area (Å²) in [5.74, 6) is -0.157. The van der Waals surface area contributed by atoms with Gasteiger partial charge in [0.05, 0.1) is 7.11 Å². The van der Waals surface area contributed by atoms with E-state index in [2.05, 4.69) is 0 Å². The molecule has 0 heterocycles. The van der Waals surface area contributed by atoms with E-state index in [1.165, 1.54) is 0 Å². The number of ether oxygens (including phenoxy) is 2. The summed E-state index contributed by atoms with van der Waals surface area (Å²) in [5, 5.41) is 19.7. The summed E-state index contributed by atoms with van der Waals surface area (Å²) in [6.45, 7) is 4.04. The molecule has 0 saturated heterocycles. The number of hydrogen-bond donors (Lipinski definition) is 2. The number of rotatable bonds is 8. The number of carboxylic acid groups (broad SMARTS) is 1. The van der Waals surface area contributed by atoms with Crippen LogP contribution in [0.3, 0.4) is 0 Å². The maximum absolute atomic E-state index is 11.0. The van der Waals surface area contributed by atoms with Crippen LogP contribution < -0.4 is 9.47 Å². The predicted octanol–water partition coefficient (Wildman–Crippen LogP) is 3.97. The number of carbonyl (C=O) groups is 1. The minimum absolute atomic E-state index is 0.114. The lowest BCUT2D eigenvalue weighted by Gasteiger charge is -2.20. The van der Waals surface area contributed by atoms with Gasteiger partial charge in [0.25, 0.3) is 0 Å². The molecule has 2 aromatic rings. The summed E-state index contributed by atoms with van der Waals surface area (Å²) in [5.41, 5.74) is 1.99. The van der Waals surface area contributed by atoms with Crippen molar-refractivity contribution in [2.24, 2.45) is 5.92 Å². The Hall–Kier alpha value is -2.79. The van der Waals surface area contributed by atoms with E-state index in [0.717, 1.165) is 11.6 Å². The minimum Gasteiger partial charge on any atom is -0.493 e. The number of methoxy groups -OCH3 is 1. The molecule has 0 amide bonds. The molecular formula is C21H24O5. The first-order valence-electron chi connectivity index (χ1n) is 8.39. The van der Waals surface area contributed by atoms with Crippen LogP contribution >= 0.6 is 0 Å². The smallest absolute Gasteiger partial charge is 0.328 e. The second-order valence-electron chi connectivity index (χ2n) is 6.22. The zero-order valence-electron chi connectivity index (χ0n) is 15.2. The van der Waals surface area contributed by atoms with Crippen molar-refractivity contribution in [1.82, 2.24) is 0 Å². The van der Waals surface area contributed by atoms with Crippen LogP contribution in [0.5, 0.6) is 11.5 Å². The topological polar surface area (TPSA) is 76.0 Å². The molecule has 5 heteroatoms. The Kier molecular flexibility index (Phi) is 6.81. The van der Waals surface area contributed by atoms with Gasteiger partial charge < -0.3 is 19.7 Å². The molecule has 0 aromatic heterocycles. The van der Waals surface area contributed by atoms with Crippen molar-refractivity contribution in [2.45, 2.75) is 26.6 Å². The van der Waals surface area contributed by atoms with Gasteiger partial charge in [-0.15, -0.1) is 0 Å². The summed E-state index contributed by atoms with van der Waals surface area (Å²) >= 11 is 0. The third-order valence-corrected chi connectivity index (χ3v) is 4.01. The first-order chi connectivity index (χ1) is 12.4. The van der Waals surface area contributed by atoms with Gasteiger partial charge in [-0.25, -0.2) is 4.79 Å². The summed E-state index contributed by atoms with van der Waals surface area (Å²) in [7, 11) is 1.55. The molecule has 5 nitrogen and oxygen atoms in total. The first-order valence-corrected chi connectivity index (χ1v) is 8.39. The Morgan fingerprint density at radius 1 is 1.12 bits per heavy atom. The molecule has 2 rings (SSSR count). The third-order valence-electron chi connectivity index (χ3n) is 4.01. The van der Waals surface area contributed by atoms with Gasteiger partial charge in [0.15, 0.2) is 11.5 Å².